The lowest BCUT2D eigenvalue weighted by Gasteiger charge is -2.36. The van der Waals surface area contributed by atoms with Gasteiger partial charge in [-0.05, 0) is 50.2 Å². The average Bonchev–Trinajstić information content (AvgIpc) is 3.07. The van der Waals surface area contributed by atoms with Gasteiger partial charge in [0.1, 0.15) is 0 Å². The molecule has 1 aromatic heterocycles. The van der Waals surface area contributed by atoms with Gasteiger partial charge in [-0.15, -0.1) is 0 Å². The number of esters is 1. The van der Waals surface area contributed by atoms with Crippen LogP contribution in [0.2, 0.25) is 5.02 Å². The molecular formula is C25H32ClN3O4. The Morgan fingerprint density at radius 1 is 1.36 bits per heavy atom. The van der Waals surface area contributed by atoms with Gasteiger partial charge in [-0.1, -0.05) is 37.1 Å². The smallest absolute Gasteiger partial charge is 0.339 e. The summed E-state index contributed by atoms with van der Waals surface area (Å²) in [5.74, 6) is -0.447. The van der Waals surface area contributed by atoms with E-state index in [0.717, 1.165) is 41.8 Å². The maximum Gasteiger partial charge on any atom is 0.339 e. The summed E-state index contributed by atoms with van der Waals surface area (Å²) in [6, 6.07) is 5.30. The second-order valence-electron chi connectivity index (χ2n) is 9.46. The highest BCUT2D eigenvalue weighted by molar-refractivity contribution is 6.33. The predicted molar refractivity (Wildman–Crippen MR) is 126 cm³/mol. The lowest BCUT2D eigenvalue weighted by atomic mass is 9.76. The van der Waals surface area contributed by atoms with Gasteiger partial charge in [-0.25, -0.2) is 4.79 Å². The standard InChI is InChI=1S/C25H32ClN3O4/c1-4-20-22-21(12-25(15-27-23(22)30)7-9-32-10-8-25)29(28-20)13-17(3)14-33-24(31)18-11-16(2)5-6-19(18)26/h5-6,11,17H,4,7-10,12-15H2,1-3H3,(H,27,30)/t17-/m1/s1. The number of carbonyl (C=O) groups excluding carboxylic acids is 2. The van der Waals surface area contributed by atoms with Gasteiger partial charge in [0.15, 0.2) is 0 Å². The first-order chi connectivity index (χ1) is 15.8. The molecule has 1 saturated heterocycles. The normalized spacial score (nSPS) is 18.4. The molecule has 0 saturated carbocycles. The molecule has 2 aliphatic rings. The number of hydrogen-bond donors (Lipinski definition) is 1. The summed E-state index contributed by atoms with van der Waals surface area (Å²) in [7, 11) is 0. The summed E-state index contributed by atoms with van der Waals surface area (Å²) in [6.45, 7) is 8.85. The highest BCUT2D eigenvalue weighted by atomic mass is 35.5. The highest BCUT2D eigenvalue weighted by Gasteiger charge is 2.39. The van der Waals surface area contributed by atoms with Gasteiger partial charge in [-0.3, -0.25) is 9.48 Å². The Hall–Kier alpha value is -2.38. The van der Waals surface area contributed by atoms with Crippen LogP contribution in [0.1, 0.15) is 64.4 Å². The average molecular weight is 474 g/mol. The molecule has 178 valence electrons. The summed E-state index contributed by atoms with van der Waals surface area (Å²) in [5, 5.41) is 8.32. The van der Waals surface area contributed by atoms with Crippen LogP contribution in [0.25, 0.3) is 0 Å². The van der Waals surface area contributed by atoms with Crippen molar-refractivity contribution in [1.82, 2.24) is 15.1 Å². The Kier molecular flexibility index (Phi) is 7.10. The van der Waals surface area contributed by atoms with E-state index in [0.29, 0.717) is 43.3 Å². The van der Waals surface area contributed by atoms with Crippen molar-refractivity contribution in [2.45, 2.75) is 53.0 Å². The maximum absolute atomic E-state index is 13.0. The van der Waals surface area contributed by atoms with Gasteiger partial charge in [0, 0.05) is 32.2 Å². The van der Waals surface area contributed by atoms with Crippen LogP contribution >= 0.6 is 11.6 Å². The summed E-state index contributed by atoms with van der Waals surface area (Å²) >= 11 is 6.17. The number of nitrogens with one attached hydrogen (secondary N) is 1. The number of nitrogens with zero attached hydrogens (tertiary/aromatic N) is 2. The van der Waals surface area contributed by atoms with Crippen LogP contribution in [0.4, 0.5) is 0 Å². The molecule has 1 spiro atoms. The fraction of sp³-hybridized carbons (Fsp3) is 0.560. The van der Waals surface area contributed by atoms with Crippen LogP contribution in [0.3, 0.4) is 0 Å². The molecule has 7 nitrogen and oxygen atoms in total. The molecule has 0 unspecified atom stereocenters. The minimum Gasteiger partial charge on any atom is -0.462 e. The molecule has 33 heavy (non-hydrogen) atoms. The second-order valence-corrected chi connectivity index (χ2v) is 9.87. The first-order valence-electron chi connectivity index (χ1n) is 11.7. The monoisotopic (exact) mass is 473 g/mol. The van der Waals surface area contributed by atoms with Gasteiger partial charge in [-0.2, -0.15) is 5.10 Å². The zero-order chi connectivity index (χ0) is 23.6. The molecule has 3 heterocycles. The van der Waals surface area contributed by atoms with Crippen LogP contribution in [0.5, 0.6) is 0 Å². The zero-order valence-electron chi connectivity index (χ0n) is 19.6. The number of fused-ring (bicyclic) bond motifs is 1. The number of aryl methyl sites for hydroxylation is 2. The van der Waals surface area contributed by atoms with E-state index >= 15 is 0 Å². The Labute approximate surface area is 199 Å². The van der Waals surface area contributed by atoms with Crippen molar-refractivity contribution >= 4 is 23.5 Å². The Morgan fingerprint density at radius 3 is 2.85 bits per heavy atom. The third-order valence-corrected chi connectivity index (χ3v) is 7.07. The topological polar surface area (TPSA) is 82.5 Å². The van der Waals surface area contributed by atoms with E-state index in [1.807, 2.05) is 31.5 Å². The van der Waals surface area contributed by atoms with E-state index in [4.69, 9.17) is 26.2 Å². The van der Waals surface area contributed by atoms with Gasteiger partial charge >= 0.3 is 5.97 Å². The molecule has 0 bridgehead atoms. The van der Waals surface area contributed by atoms with Gasteiger partial charge in [0.25, 0.3) is 5.91 Å². The number of amides is 1. The number of carbonyl (C=O) groups is 2. The Balaban J connectivity index is 1.50. The number of benzene rings is 1. The van der Waals surface area contributed by atoms with Gasteiger partial charge in [0.2, 0.25) is 0 Å². The number of ether oxygens (including phenoxy) is 2. The van der Waals surface area contributed by atoms with Crippen LogP contribution in [0.15, 0.2) is 18.2 Å². The molecule has 1 aromatic carbocycles. The third kappa shape index (κ3) is 5.09. The van der Waals surface area contributed by atoms with E-state index < -0.39 is 5.97 Å². The minimum absolute atomic E-state index is 0.000420. The van der Waals surface area contributed by atoms with Crippen molar-refractivity contribution in [3.05, 3.63) is 51.3 Å². The third-order valence-electron chi connectivity index (χ3n) is 6.74. The molecule has 2 aliphatic heterocycles. The van der Waals surface area contributed by atoms with E-state index in [9.17, 15) is 9.59 Å². The molecule has 0 radical (unpaired) electrons. The van der Waals surface area contributed by atoms with Crippen LogP contribution in [-0.2, 0) is 28.9 Å². The first kappa shape index (κ1) is 23.8. The summed E-state index contributed by atoms with van der Waals surface area (Å²) in [6.07, 6.45) is 3.32. The lowest BCUT2D eigenvalue weighted by molar-refractivity contribution is 0.0151. The van der Waals surface area contributed by atoms with Crippen molar-refractivity contribution in [3.8, 4) is 0 Å². The van der Waals surface area contributed by atoms with Crippen molar-refractivity contribution in [1.29, 1.82) is 0 Å². The molecule has 1 atom stereocenters. The van der Waals surface area contributed by atoms with Crippen LogP contribution < -0.4 is 5.32 Å². The van der Waals surface area contributed by atoms with Gasteiger partial charge in [0.05, 0.1) is 34.1 Å². The second kappa shape index (κ2) is 9.85. The van der Waals surface area contributed by atoms with E-state index in [1.165, 1.54) is 0 Å². The molecule has 2 aromatic rings. The number of rotatable bonds is 6. The van der Waals surface area contributed by atoms with Crippen molar-refractivity contribution < 1.29 is 19.1 Å². The van der Waals surface area contributed by atoms with E-state index in [1.54, 1.807) is 12.1 Å². The lowest BCUT2D eigenvalue weighted by Crippen LogP contribution is -2.41. The van der Waals surface area contributed by atoms with Crippen molar-refractivity contribution in [2.24, 2.45) is 11.3 Å². The number of hydrogen-bond acceptors (Lipinski definition) is 5. The van der Waals surface area contributed by atoms with Crippen LogP contribution in [0, 0.1) is 18.3 Å². The van der Waals surface area contributed by atoms with Crippen molar-refractivity contribution in [3.63, 3.8) is 0 Å². The predicted octanol–water partition coefficient (Wildman–Crippen LogP) is 3.98. The maximum atomic E-state index is 13.0. The Morgan fingerprint density at radius 2 is 2.12 bits per heavy atom. The SMILES string of the molecule is CCc1nn(C[C@@H](C)COC(=O)c2cc(C)ccc2Cl)c2c1C(=O)NCC1(CCOCC1)C2. The fourth-order valence-electron chi connectivity index (χ4n) is 4.76. The largest absolute Gasteiger partial charge is 0.462 e. The Bertz CT molecular complexity index is 1040. The molecule has 0 aliphatic carbocycles. The summed E-state index contributed by atoms with van der Waals surface area (Å²) in [5.41, 5.74) is 3.86. The van der Waals surface area contributed by atoms with Gasteiger partial charge < -0.3 is 14.8 Å². The quantitative estimate of drug-likeness (QED) is 0.641. The fourth-order valence-corrected chi connectivity index (χ4v) is 4.96. The van der Waals surface area contributed by atoms with Crippen molar-refractivity contribution in [2.75, 3.05) is 26.4 Å². The molecule has 8 heteroatoms. The minimum atomic E-state index is -0.426. The van der Waals surface area contributed by atoms with E-state index in [2.05, 4.69) is 5.32 Å². The number of aromatic nitrogens is 2. The molecular weight excluding hydrogens is 442 g/mol. The number of halogens is 1. The summed E-state index contributed by atoms with van der Waals surface area (Å²) < 4.78 is 13.1. The molecule has 1 amide bonds. The molecule has 1 N–H and O–H groups in total. The summed E-state index contributed by atoms with van der Waals surface area (Å²) in [4.78, 5) is 25.5. The van der Waals surface area contributed by atoms with E-state index in [-0.39, 0.29) is 23.8 Å². The molecule has 1 fully saturated rings. The zero-order valence-corrected chi connectivity index (χ0v) is 20.3. The highest BCUT2D eigenvalue weighted by Crippen LogP contribution is 2.37. The molecule has 4 rings (SSSR count). The van der Waals surface area contributed by atoms with Crippen LogP contribution in [-0.4, -0.2) is 48.0 Å². The first-order valence-corrected chi connectivity index (χ1v) is 12.1.